The van der Waals surface area contributed by atoms with E-state index in [-0.39, 0.29) is 35.3 Å². The van der Waals surface area contributed by atoms with E-state index in [9.17, 15) is 34.8 Å². The predicted octanol–water partition coefficient (Wildman–Crippen LogP) is 0.0113. The van der Waals surface area contributed by atoms with Gasteiger partial charge in [0.1, 0.15) is 22.8 Å². The van der Waals surface area contributed by atoms with Gasteiger partial charge in [0.25, 0.3) is 5.91 Å². The fraction of sp³-hybridized carbons (Fsp3) is 0.400. The van der Waals surface area contributed by atoms with Crippen LogP contribution in [-0.4, -0.2) is 82.6 Å². The topological polar surface area (TPSA) is 165 Å². The van der Waals surface area contributed by atoms with Crippen molar-refractivity contribution in [2.45, 2.75) is 24.5 Å². The number of carbonyl (C=O) groups excluding carboxylic acids is 3. The van der Waals surface area contributed by atoms with Gasteiger partial charge in [-0.25, -0.2) is 0 Å². The minimum atomic E-state index is -2.67. The highest BCUT2D eigenvalue weighted by molar-refractivity contribution is 6.24. The number of fused-ring (bicyclic) bond motifs is 3. The number of hydrogen-bond donors (Lipinski definition) is 5. The summed E-state index contributed by atoms with van der Waals surface area (Å²) in [5.41, 5.74) is 2.84. The molecule has 4 atom stereocenters. The molecule has 0 spiro atoms. The third-order valence-electron chi connectivity index (χ3n) is 7.33. The Balaban J connectivity index is 2.03. The normalized spacial score (nSPS) is 27.9. The van der Waals surface area contributed by atoms with E-state index in [1.165, 1.54) is 4.90 Å². The van der Waals surface area contributed by atoms with Gasteiger partial charge in [-0.1, -0.05) is 5.92 Å². The van der Waals surface area contributed by atoms with Gasteiger partial charge in [0, 0.05) is 31.3 Å². The molecule has 1 aromatic carbocycles. The molecule has 3 aliphatic carbocycles. The fourth-order valence-corrected chi connectivity index (χ4v) is 5.80. The second-order valence-corrected chi connectivity index (χ2v) is 9.65. The number of benzene rings is 1. The summed E-state index contributed by atoms with van der Waals surface area (Å²) < 4.78 is 0. The third-order valence-corrected chi connectivity index (χ3v) is 7.33. The number of aliphatic hydroxyl groups excluding tert-OH is 2. The standard InChI is InChI=1S/C25H27N3O7/c1-6-10-9-14(27(2)3)12-7-11-8-13-18(28(4)5)21(31)17(24(26)34)23(33)25(13,35)22(32)15(11)20(30)16(12)19(10)29/h1,9,11,13,18,29-30,33,35H,7-8H2,2-5H3,(H2,26,34)/t11-,13-,18-,25-/m0/s1. The minimum absolute atomic E-state index is 0.0241. The van der Waals surface area contributed by atoms with E-state index in [1.54, 1.807) is 39.2 Å². The number of Topliss-reactive ketones (excluding diaryl/α,β-unsaturated/α-hetero) is 2. The van der Waals surface area contributed by atoms with E-state index >= 15 is 0 Å². The number of terminal acetylenes is 1. The summed E-state index contributed by atoms with van der Waals surface area (Å²) in [7, 11) is 6.64. The van der Waals surface area contributed by atoms with Crippen molar-refractivity contribution in [2.75, 3.05) is 33.1 Å². The van der Waals surface area contributed by atoms with E-state index in [2.05, 4.69) is 5.92 Å². The first kappa shape index (κ1) is 24.3. The Bertz CT molecular complexity index is 1300. The van der Waals surface area contributed by atoms with E-state index in [0.29, 0.717) is 11.3 Å². The van der Waals surface area contributed by atoms with Gasteiger partial charge < -0.3 is 31.1 Å². The van der Waals surface area contributed by atoms with Crippen molar-refractivity contribution in [3.8, 4) is 18.1 Å². The lowest BCUT2D eigenvalue weighted by Crippen LogP contribution is -2.65. The van der Waals surface area contributed by atoms with Crippen LogP contribution in [0.5, 0.6) is 5.75 Å². The molecule has 10 nitrogen and oxygen atoms in total. The molecule has 4 rings (SSSR count). The molecular formula is C25H27N3O7. The molecule has 0 unspecified atom stereocenters. The highest BCUT2D eigenvalue weighted by Gasteiger charge is 2.64. The largest absolute Gasteiger partial charge is 0.508 e. The lowest BCUT2D eigenvalue weighted by molar-refractivity contribution is -0.153. The molecule has 0 aromatic heterocycles. The molecule has 0 heterocycles. The Labute approximate surface area is 201 Å². The fourth-order valence-electron chi connectivity index (χ4n) is 5.80. The zero-order chi connectivity index (χ0) is 26.1. The van der Waals surface area contributed by atoms with Crippen LogP contribution >= 0.6 is 0 Å². The number of likely N-dealkylation sites (N-methyl/N-ethyl adjacent to an activating group) is 1. The van der Waals surface area contributed by atoms with Crippen molar-refractivity contribution in [3.63, 3.8) is 0 Å². The van der Waals surface area contributed by atoms with Gasteiger partial charge in [0.2, 0.25) is 5.78 Å². The van der Waals surface area contributed by atoms with E-state index in [0.717, 1.165) is 0 Å². The molecule has 0 aliphatic heterocycles. The first-order valence-corrected chi connectivity index (χ1v) is 11.0. The lowest BCUT2D eigenvalue weighted by Gasteiger charge is -2.50. The Hall–Kier alpha value is -3.81. The molecule has 184 valence electrons. The molecule has 1 fully saturated rings. The van der Waals surface area contributed by atoms with Gasteiger partial charge in [-0.05, 0) is 44.5 Å². The maximum Gasteiger partial charge on any atom is 0.255 e. The summed E-state index contributed by atoms with van der Waals surface area (Å²) in [6.07, 6.45) is 5.75. The van der Waals surface area contributed by atoms with E-state index < -0.39 is 58.0 Å². The maximum absolute atomic E-state index is 13.8. The number of anilines is 1. The Morgan fingerprint density at radius 3 is 2.34 bits per heavy atom. The average Bonchev–Trinajstić information content (AvgIpc) is 2.75. The summed E-state index contributed by atoms with van der Waals surface area (Å²) in [5.74, 6) is -4.62. The average molecular weight is 482 g/mol. The number of nitrogens with two attached hydrogens (primary N) is 1. The van der Waals surface area contributed by atoms with Crippen LogP contribution in [-0.2, 0) is 20.8 Å². The summed E-state index contributed by atoms with van der Waals surface area (Å²) in [6.45, 7) is 0. The van der Waals surface area contributed by atoms with Crippen LogP contribution in [0.2, 0.25) is 0 Å². The van der Waals surface area contributed by atoms with Gasteiger partial charge in [0.15, 0.2) is 11.4 Å². The van der Waals surface area contributed by atoms with E-state index in [4.69, 9.17) is 12.2 Å². The molecule has 0 radical (unpaired) electrons. The molecule has 35 heavy (non-hydrogen) atoms. The van der Waals surface area contributed by atoms with Crippen molar-refractivity contribution in [1.82, 2.24) is 4.90 Å². The molecule has 1 amide bonds. The second-order valence-electron chi connectivity index (χ2n) is 9.65. The van der Waals surface area contributed by atoms with Crippen LogP contribution in [0.25, 0.3) is 5.76 Å². The number of rotatable bonds is 3. The number of phenols is 1. The number of phenolic OH excluding ortho intramolecular Hbond substituents is 1. The van der Waals surface area contributed by atoms with Crippen LogP contribution in [0.3, 0.4) is 0 Å². The highest BCUT2D eigenvalue weighted by atomic mass is 16.3. The van der Waals surface area contributed by atoms with Gasteiger partial charge in [0.05, 0.1) is 17.2 Å². The minimum Gasteiger partial charge on any atom is -0.508 e. The number of carbonyl (C=O) groups is 3. The lowest BCUT2D eigenvalue weighted by atomic mass is 9.57. The number of hydrogen-bond acceptors (Lipinski definition) is 9. The SMILES string of the molecule is C#Cc1cc(N(C)C)c2c(c1O)C(O)=C1C(=O)[C@]3(O)C(O)=C(C(N)=O)C(=O)[C@@H](N(C)C)[C@@H]3C[C@@H]1C2. The van der Waals surface area contributed by atoms with Crippen LogP contribution in [0, 0.1) is 24.2 Å². The van der Waals surface area contributed by atoms with Crippen molar-refractivity contribution < 1.29 is 34.8 Å². The molecule has 1 saturated carbocycles. The molecular weight excluding hydrogens is 454 g/mol. The number of nitrogens with zero attached hydrogens (tertiary/aromatic N) is 2. The zero-order valence-electron chi connectivity index (χ0n) is 19.8. The zero-order valence-corrected chi connectivity index (χ0v) is 19.8. The molecule has 0 saturated heterocycles. The maximum atomic E-state index is 13.8. The third kappa shape index (κ3) is 3.08. The van der Waals surface area contributed by atoms with Gasteiger partial charge in [-0.2, -0.15) is 0 Å². The van der Waals surface area contributed by atoms with Gasteiger partial charge in [-0.3, -0.25) is 19.3 Å². The van der Waals surface area contributed by atoms with Crippen LogP contribution < -0.4 is 10.6 Å². The first-order valence-electron chi connectivity index (χ1n) is 11.0. The van der Waals surface area contributed by atoms with Gasteiger partial charge in [-0.15, -0.1) is 6.42 Å². The van der Waals surface area contributed by atoms with Crippen molar-refractivity contribution in [3.05, 3.63) is 39.7 Å². The number of aromatic hydroxyl groups is 1. The summed E-state index contributed by atoms with van der Waals surface area (Å²) >= 11 is 0. The molecule has 1 aromatic rings. The Morgan fingerprint density at radius 1 is 1.20 bits per heavy atom. The molecule has 6 N–H and O–H groups in total. The number of amides is 1. The molecule has 0 bridgehead atoms. The van der Waals surface area contributed by atoms with E-state index in [1.807, 2.05) is 0 Å². The smallest absolute Gasteiger partial charge is 0.255 e. The monoisotopic (exact) mass is 481 g/mol. The number of aliphatic hydroxyl groups is 3. The molecule has 10 heteroatoms. The van der Waals surface area contributed by atoms with Gasteiger partial charge >= 0.3 is 0 Å². The Kier molecular flexibility index (Phi) is 5.46. The predicted molar refractivity (Wildman–Crippen MR) is 127 cm³/mol. The molecule has 3 aliphatic rings. The summed E-state index contributed by atoms with van der Waals surface area (Å²) in [6, 6.07) is 0.478. The van der Waals surface area contributed by atoms with Crippen molar-refractivity contribution in [1.29, 1.82) is 0 Å². The summed E-state index contributed by atoms with van der Waals surface area (Å²) in [4.78, 5) is 42.1. The Morgan fingerprint density at radius 2 is 1.83 bits per heavy atom. The first-order chi connectivity index (χ1) is 16.3. The van der Waals surface area contributed by atoms with Crippen LogP contribution in [0.4, 0.5) is 5.69 Å². The van der Waals surface area contributed by atoms with Crippen LogP contribution in [0.1, 0.15) is 23.1 Å². The van der Waals surface area contributed by atoms with Crippen molar-refractivity contribution >= 4 is 28.9 Å². The summed E-state index contributed by atoms with van der Waals surface area (Å²) in [5, 5.41) is 44.5. The quantitative estimate of drug-likeness (QED) is 0.295. The number of primary amides is 1. The van der Waals surface area contributed by atoms with Crippen LogP contribution in [0.15, 0.2) is 23.0 Å². The van der Waals surface area contributed by atoms with Crippen molar-refractivity contribution in [2.24, 2.45) is 17.6 Å². The highest BCUT2D eigenvalue weighted by Crippen LogP contribution is 2.54. The second kappa shape index (κ2) is 7.86. The number of ketones is 2.